The van der Waals surface area contributed by atoms with E-state index in [-0.39, 0.29) is 22.1 Å². The molecule has 0 spiro atoms. The van der Waals surface area contributed by atoms with E-state index in [0.29, 0.717) is 16.5 Å². The second-order valence-electron chi connectivity index (χ2n) is 10.0. The molecular weight excluding hydrogens is 506 g/mol. The van der Waals surface area contributed by atoms with Gasteiger partial charge in [-0.1, -0.05) is 75.4 Å². The van der Waals surface area contributed by atoms with E-state index in [9.17, 15) is 18.0 Å². The molecule has 0 radical (unpaired) electrons. The van der Waals surface area contributed by atoms with E-state index < -0.39 is 33.1 Å². The van der Waals surface area contributed by atoms with Crippen molar-refractivity contribution < 1.29 is 18.0 Å². The zero-order valence-corrected chi connectivity index (χ0v) is 22.5. The van der Waals surface area contributed by atoms with Crippen molar-refractivity contribution in [2.24, 2.45) is 5.41 Å². The maximum absolute atomic E-state index is 13.5. The summed E-state index contributed by atoms with van der Waals surface area (Å²) in [7, 11) is -3.56. The van der Waals surface area contributed by atoms with Gasteiger partial charge in [-0.15, -0.1) is 11.3 Å². The minimum atomic E-state index is -3.56. The molecule has 9 heteroatoms. The highest BCUT2D eigenvalue weighted by molar-refractivity contribution is 7.91. The van der Waals surface area contributed by atoms with Gasteiger partial charge in [0.1, 0.15) is 6.04 Å². The lowest BCUT2D eigenvalue weighted by molar-refractivity contribution is -0.118. The molecule has 2 amide bonds. The molecule has 4 aromatic rings. The number of aromatic nitrogens is 1. The van der Waals surface area contributed by atoms with E-state index in [2.05, 4.69) is 15.6 Å². The van der Waals surface area contributed by atoms with E-state index in [4.69, 9.17) is 0 Å². The number of thiazole rings is 1. The van der Waals surface area contributed by atoms with Gasteiger partial charge in [0.2, 0.25) is 5.91 Å². The van der Waals surface area contributed by atoms with Crippen LogP contribution in [0, 0.1) is 5.41 Å². The number of sulfone groups is 1. The Hall–Kier alpha value is -3.56. The lowest BCUT2D eigenvalue weighted by Gasteiger charge is -2.20. The van der Waals surface area contributed by atoms with Crippen molar-refractivity contribution in [3.63, 3.8) is 0 Å². The molecule has 1 aromatic heterocycles. The lowest BCUT2D eigenvalue weighted by Crippen LogP contribution is -2.45. The van der Waals surface area contributed by atoms with Crippen LogP contribution in [0.3, 0.4) is 0 Å². The first-order valence-corrected chi connectivity index (χ1v) is 14.4. The Kier molecular flexibility index (Phi) is 7.75. The predicted octanol–water partition coefficient (Wildman–Crippen LogP) is 5.10. The summed E-state index contributed by atoms with van der Waals surface area (Å²) in [6, 6.07) is 18.8. The standard InChI is InChI=1S/C28H29N3O4S2/c1-28(2,3)18-37(34,35)24-14-8-11-20-21(24)12-7-13-22(20)30-25(32)23(17-19-9-5-4-6-10-19)31-26(33)27-29-15-16-36-27/h4-16,23H,17-18H2,1-3H3,(H,30,32)(H,31,33)/t23-/m0/s1. The Bertz CT molecular complexity index is 1510. The van der Waals surface area contributed by atoms with Gasteiger partial charge in [0, 0.05) is 34.5 Å². The number of hydrogen-bond donors (Lipinski definition) is 2. The molecule has 7 nitrogen and oxygen atoms in total. The number of nitrogens with zero attached hydrogens (tertiary/aromatic N) is 1. The molecule has 0 fully saturated rings. The number of nitrogens with one attached hydrogen (secondary N) is 2. The fourth-order valence-electron chi connectivity index (χ4n) is 4.14. The summed E-state index contributed by atoms with van der Waals surface area (Å²) < 4.78 is 26.4. The highest BCUT2D eigenvalue weighted by Gasteiger charge is 2.27. The Labute approximate surface area is 220 Å². The highest BCUT2D eigenvalue weighted by Crippen LogP contribution is 2.31. The van der Waals surface area contributed by atoms with Gasteiger partial charge in [-0.05, 0) is 23.1 Å². The molecular formula is C28H29N3O4S2. The van der Waals surface area contributed by atoms with Crippen molar-refractivity contribution in [3.05, 3.63) is 88.9 Å². The molecule has 0 aliphatic carbocycles. The van der Waals surface area contributed by atoms with Crippen molar-refractivity contribution in [3.8, 4) is 0 Å². The summed E-state index contributed by atoms with van der Waals surface area (Å²) in [6.07, 6.45) is 1.81. The molecule has 0 aliphatic heterocycles. The fourth-order valence-corrected chi connectivity index (χ4v) is 6.78. The number of benzene rings is 3. The van der Waals surface area contributed by atoms with Crippen LogP contribution in [-0.2, 0) is 21.1 Å². The topological polar surface area (TPSA) is 105 Å². The molecule has 0 saturated heterocycles. The average Bonchev–Trinajstić information content (AvgIpc) is 3.38. The largest absolute Gasteiger partial charge is 0.338 e. The van der Waals surface area contributed by atoms with E-state index in [1.165, 1.54) is 17.5 Å². The monoisotopic (exact) mass is 535 g/mol. The molecule has 0 unspecified atom stereocenters. The van der Waals surface area contributed by atoms with Crippen molar-refractivity contribution in [2.75, 3.05) is 11.1 Å². The van der Waals surface area contributed by atoms with Gasteiger partial charge < -0.3 is 10.6 Å². The molecule has 1 atom stereocenters. The van der Waals surface area contributed by atoms with Crippen LogP contribution in [0.5, 0.6) is 0 Å². The minimum absolute atomic E-state index is 0.00234. The Morgan fingerprint density at radius 1 is 0.946 bits per heavy atom. The summed E-state index contributed by atoms with van der Waals surface area (Å²) in [5.41, 5.74) is 0.944. The summed E-state index contributed by atoms with van der Waals surface area (Å²) in [4.78, 5) is 30.5. The first-order chi connectivity index (χ1) is 17.5. The van der Waals surface area contributed by atoms with Crippen molar-refractivity contribution in [1.29, 1.82) is 0 Å². The zero-order valence-electron chi connectivity index (χ0n) is 20.9. The van der Waals surface area contributed by atoms with Gasteiger partial charge in [0.05, 0.1) is 10.6 Å². The number of amides is 2. The predicted molar refractivity (Wildman–Crippen MR) is 148 cm³/mol. The van der Waals surface area contributed by atoms with E-state index >= 15 is 0 Å². The van der Waals surface area contributed by atoms with Crippen LogP contribution >= 0.6 is 11.3 Å². The number of fused-ring (bicyclic) bond motifs is 1. The van der Waals surface area contributed by atoms with Gasteiger partial charge in [-0.25, -0.2) is 13.4 Å². The molecule has 0 aliphatic rings. The van der Waals surface area contributed by atoms with Crippen LogP contribution < -0.4 is 10.6 Å². The number of hydrogen-bond acceptors (Lipinski definition) is 6. The summed E-state index contributed by atoms with van der Waals surface area (Å²) in [6.45, 7) is 5.65. The number of rotatable bonds is 8. The SMILES string of the molecule is CC(C)(C)CS(=O)(=O)c1cccc2c(NC(=O)[C@H](Cc3ccccc3)NC(=O)c3nccs3)cccc12. The third kappa shape index (κ3) is 6.61. The van der Waals surface area contributed by atoms with Gasteiger partial charge in [-0.3, -0.25) is 9.59 Å². The third-order valence-electron chi connectivity index (χ3n) is 5.63. The van der Waals surface area contributed by atoms with E-state index in [1.54, 1.807) is 41.8 Å². The highest BCUT2D eigenvalue weighted by atomic mass is 32.2. The van der Waals surface area contributed by atoms with E-state index in [0.717, 1.165) is 5.56 Å². The van der Waals surface area contributed by atoms with Crippen LogP contribution in [0.25, 0.3) is 10.8 Å². The zero-order chi connectivity index (χ0) is 26.6. The maximum Gasteiger partial charge on any atom is 0.280 e. The van der Waals surface area contributed by atoms with Crippen LogP contribution in [0.1, 0.15) is 36.1 Å². The second-order valence-corrected chi connectivity index (χ2v) is 12.9. The Balaban J connectivity index is 1.65. The molecule has 2 N–H and O–H groups in total. The summed E-state index contributed by atoms with van der Waals surface area (Å²) >= 11 is 1.19. The third-order valence-corrected chi connectivity index (χ3v) is 8.67. The smallest absolute Gasteiger partial charge is 0.280 e. The van der Waals surface area contributed by atoms with Gasteiger partial charge in [0.15, 0.2) is 14.8 Å². The average molecular weight is 536 g/mol. The van der Waals surface area contributed by atoms with Crippen LogP contribution in [0.15, 0.2) is 83.2 Å². The van der Waals surface area contributed by atoms with Gasteiger partial charge in [0.25, 0.3) is 5.91 Å². The van der Waals surface area contributed by atoms with E-state index in [1.807, 2.05) is 51.1 Å². The maximum atomic E-state index is 13.5. The van der Waals surface area contributed by atoms with Gasteiger partial charge in [-0.2, -0.15) is 0 Å². The van der Waals surface area contributed by atoms with Gasteiger partial charge >= 0.3 is 0 Å². The molecule has 0 bridgehead atoms. The molecule has 37 heavy (non-hydrogen) atoms. The van der Waals surface area contributed by atoms with Crippen LogP contribution in [0.2, 0.25) is 0 Å². The molecule has 4 rings (SSSR count). The second kappa shape index (κ2) is 10.8. The quantitative estimate of drug-likeness (QED) is 0.327. The molecule has 0 saturated carbocycles. The minimum Gasteiger partial charge on any atom is -0.338 e. The van der Waals surface area contributed by atoms with Crippen LogP contribution in [0.4, 0.5) is 5.69 Å². The molecule has 192 valence electrons. The normalized spacial score (nSPS) is 12.7. The summed E-state index contributed by atoms with van der Waals surface area (Å²) in [5, 5.41) is 8.83. The first kappa shape index (κ1) is 26.5. The Morgan fingerprint density at radius 2 is 1.65 bits per heavy atom. The number of anilines is 1. The lowest BCUT2D eigenvalue weighted by atomic mass is 10.0. The summed E-state index contributed by atoms with van der Waals surface area (Å²) in [5.74, 6) is -0.846. The first-order valence-electron chi connectivity index (χ1n) is 11.8. The number of carbonyl (C=O) groups excluding carboxylic acids is 2. The fraction of sp³-hybridized carbons (Fsp3) is 0.250. The van der Waals surface area contributed by atoms with Crippen molar-refractivity contribution in [2.45, 2.75) is 38.1 Å². The molecule has 1 heterocycles. The van der Waals surface area contributed by atoms with Crippen LogP contribution in [-0.4, -0.2) is 37.0 Å². The van der Waals surface area contributed by atoms with Crippen molar-refractivity contribution in [1.82, 2.24) is 10.3 Å². The Morgan fingerprint density at radius 3 is 2.32 bits per heavy atom. The molecule has 3 aromatic carbocycles. The number of carbonyl (C=O) groups is 2. The van der Waals surface area contributed by atoms with Crippen molar-refractivity contribution >= 4 is 49.4 Å².